The molecule has 3 heteroatoms. The van der Waals surface area contributed by atoms with E-state index in [1.165, 1.54) is 0 Å². The van der Waals surface area contributed by atoms with Gasteiger partial charge in [0, 0.05) is 23.2 Å². The predicted octanol–water partition coefficient (Wildman–Crippen LogP) is 4.08. The molecule has 1 aromatic heterocycles. The minimum atomic E-state index is -0.297. The second-order valence-corrected chi connectivity index (χ2v) is 5.50. The van der Waals surface area contributed by atoms with Crippen LogP contribution in [0.25, 0.3) is 22.2 Å². The van der Waals surface area contributed by atoms with Gasteiger partial charge in [0.1, 0.15) is 0 Å². The third kappa shape index (κ3) is 3.26. The van der Waals surface area contributed by atoms with Gasteiger partial charge in [0.15, 0.2) is 0 Å². The molecule has 2 N–H and O–H groups in total. The fourth-order valence-corrected chi connectivity index (χ4v) is 2.49. The standard InChI is InChI=1S/C19H20N2O/c1-14(22)11-12-20-19-13-18(15-7-3-2-4-8-15)21-17-10-6-5-9-16(17)19/h2-10,13-14,22H,11-12H2,1H3,(H,20,21). The fraction of sp³-hybridized carbons (Fsp3) is 0.211. The second kappa shape index (κ2) is 6.58. The van der Waals surface area contributed by atoms with E-state index >= 15 is 0 Å². The van der Waals surface area contributed by atoms with Crippen molar-refractivity contribution >= 4 is 16.6 Å². The van der Waals surface area contributed by atoms with E-state index in [1.807, 2.05) is 43.3 Å². The van der Waals surface area contributed by atoms with Crippen LogP contribution in [0.2, 0.25) is 0 Å². The van der Waals surface area contributed by atoms with E-state index in [9.17, 15) is 5.11 Å². The number of hydrogen-bond acceptors (Lipinski definition) is 3. The largest absolute Gasteiger partial charge is 0.393 e. The molecule has 1 atom stereocenters. The van der Waals surface area contributed by atoms with Crippen LogP contribution in [0.4, 0.5) is 5.69 Å². The molecule has 0 aliphatic rings. The molecular formula is C19H20N2O. The fourth-order valence-electron chi connectivity index (χ4n) is 2.49. The summed E-state index contributed by atoms with van der Waals surface area (Å²) >= 11 is 0. The van der Waals surface area contributed by atoms with E-state index in [4.69, 9.17) is 4.98 Å². The van der Waals surface area contributed by atoms with E-state index in [0.717, 1.165) is 40.8 Å². The minimum Gasteiger partial charge on any atom is -0.393 e. The number of benzene rings is 2. The Balaban J connectivity index is 2.01. The van der Waals surface area contributed by atoms with Crippen molar-refractivity contribution in [2.24, 2.45) is 0 Å². The molecule has 22 heavy (non-hydrogen) atoms. The van der Waals surface area contributed by atoms with Crippen LogP contribution in [-0.2, 0) is 0 Å². The summed E-state index contributed by atoms with van der Waals surface area (Å²) in [5, 5.41) is 14.0. The number of para-hydroxylation sites is 1. The molecule has 1 heterocycles. The van der Waals surface area contributed by atoms with Crippen molar-refractivity contribution in [2.45, 2.75) is 19.4 Å². The lowest BCUT2D eigenvalue weighted by atomic mass is 10.1. The molecule has 3 aromatic rings. The SMILES string of the molecule is CC(O)CCNc1cc(-c2ccccc2)nc2ccccc12. The molecule has 1 unspecified atom stereocenters. The number of hydrogen-bond donors (Lipinski definition) is 2. The van der Waals surface area contributed by atoms with Crippen LogP contribution < -0.4 is 5.32 Å². The lowest BCUT2D eigenvalue weighted by molar-refractivity contribution is 0.189. The molecule has 0 amide bonds. The van der Waals surface area contributed by atoms with Crippen molar-refractivity contribution in [3.63, 3.8) is 0 Å². The van der Waals surface area contributed by atoms with Crippen molar-refractivity contribution in [1.29, 1.82) is 0 Å². The molecule has 0 radical (unpaired) electrons. The highest BCUT2D eigenvalue weighted by Crippen LogP contribution is 2.28. The maximum atomic E-state index is 9.42. The molecule has 3 rings (SSSR count). The summed E-state index contributed by atoms with van der Waals surface area (Å²) in [6, 6.07) is 20.4. The summed E-state index contributed by atoms with van der Waals surface area (Å²) in [5.41, 5.74) is 4.10. The average Bonchev–Trinajstić information content (AvgIpc) is 2.55. The number of anilines is 1. The number of rotatable bonds is 5. The third-order valence-corrected chi connectivity index (χ3v) is 3.66. The highest BCUT2D eigenvalue weighted by Gasteiger charge is 2.07. The van der Waals surface area contributed by atoms with Gasteiger partial charge in [-0.25, -0.2) is 4.98 Å². The topological polar surface area (TPSA) is 45.1 Å². The lowest BCUT2D eigenvalue weighted by Crippen LogP contribution is -2.10. The number of nitrogens with zero attached hydrogens (tertiary/aromatic N) is 1. The van der Waals surface area contributed by atoms with Crippen molar-refractivity contribution in [3.8, 4) is 11.3 Å². The van der Waals surface area contributed by atoms with Crippen molar-refractivity contribution in [3.05, 3.63) is 60.7 Å². The van der Waals surface area contributed by atoms with Gasteiger partial charge in [-0.2, -0.15) is 0 Å². The molecule has 112 valence electrons. The number of pyridine rings is 1. The zero-order valence-corrected chi connectivity index (χ0v) is 12.7. The number of aliphatic hydroxyl groups excluding tert-OH is 1. The molecule has 0 saturated heterocycles. The number of aromatic nitrogens is 1. The summed E-state index contributed by atoms with van der Waals surface area (Å²) in [5.74, 6) is 0. The molecule has 0 fully saturated rings. The van der Waals surface area contributed by atoms with Crippen LogP contribution in [0.1, 0.15) is 13.3 Å². The van der Waals surface area contributed by atoms with E-state index in [2.05, 4.69) is 29.6 Å². The van der Waals surface area contributed by atoms with E-state index in [1.54, 1.807) is 0 Å². The van der Waals surface area contributed by atoms with Crippen LogP contribution in [0.15, 0.2) is 60.7 Å². The van der Waals surface area contributed by atoms with Gasteiger partial charge >= 0.3 is 0 Å². The van der Waals surface area contributed by atoms with Gasteiger partial charge in [-0.1, -0.05) is 48.5 Å². The summed E-state index contributed by atoms with van der Waals surface area (Å²) in [4.78, 5) is 4.76. The molecule has 0 bridgehead atoms. The van der Waals surface area contributed by atoms with Gasteiger partial charge in [0.05, 0.1) is 17.3 Å². The second-order valence-electron chi connectivity index (χ2n) is 5.50. The molecule has 0 aliphatic heterocycles. The molecule has 2 aromatic carbocycles. The monoisotopic (exact) mass is 292 g/mol. The summed E-state index contributed by atoms with van der Waals surface area (Å²) < 4.78 is 0. The molecule has 0 spiro atoms. The Hall–Kier alpha value is -2.39. The molecule has 0 aliphatic carbocycles. The van der Waals surface area contributed by atoms with Gasteiger partial charge in [-0.05, 0) is 25.5 Å². The zero-order valence-electron chi connectivity index (χ0n) is 12.7. The van der Waals surface area contributed by atoms with Crippen LogP contribution in [0, 0.1) is 0 Å². The predicted molar refractivity (Wildman–Crippen MR) is 92.0 cm³/mol. The van der Waals surface area contributed by atoms with Crippen LogP contribution in [0.3, 0.4) is 0 Å². The van der Waals surface area contributed by atoms with Crippen LogP contribution in [-0.4, -0.2) is 22.7 Å². The number of aliphatic hydroxyl groups is 1. The summed E-state index contributed by atoms with van der Waals surface area (Å²) in [6.07, 6.45) is 0.423. The maximum absolute atomic E-state index is 9.42. The number of fused-ring (bicyclic) bond motifs is 1. The Morgan fingerprint density at radius 1 is 1.05 bits per heavy atom. The first-order valence-corrected chi connectivity index (χ1v) is 7.61. The summed E-state index contributed by atoms with van der Waals surface area (Å²) in [6.45, 7) is 2.54. The van der Waals surface area contributed by atoms with Crippen molar-refractivity contribution in [2.75, 3.05) is 11.9 Å². The number of nitrogens with one attached hydrogen (secondary N) is 1. The first-order valence-electron chi connectivity index (χ1n) is 7.61. The van der Waals surface area contributed by atoms with E-state index < -0.39 is 0 Å². The van der Waals surface area contributed by atoms with E-state index in [0.29, 0.717) is 0 Å². The van der Waals surface area contributed by atoms with Gasteiger partial charge in [-0.3, -0.25) is 0 Å². The average molecular weight is 292 g/mol. The Morgan fingerprint density at radius 3 is 2.55 bits per heavy atom. The third-order valence-electron chi connectivity index (χ3n) is 3.66. The van der Waals surface area contributed by atoms with Gasteiger partial charge in [0.25, 0.3) is 0 Å². The maximum Gasteiger partial charge on any atom is 0.0730 e. The summed E-state index contributed by atoms with van der Waals surface area (Å²) in [7, 11) is 0. The van der Waals surface area contributed by atoms with Gasteiger partial charge < -0.3 is 10.4 Å². The Bertz CT molecular complexity index is 754. The zero-order chi connectivity index (χ0) is 15.4. The van der Waals surface area contributed by atoms with Gasteiger partial charge in [-0.15, -0.1) is 0 Å². The van der Waals surface area contributed by atoms with Crippen molar-refractivity contribution < 1.29 is 5.11 Å². The first-order chi connectivity index (χ1) is 10.7. The molecule has 3 nitrogen and oxygen atoms in total. The minimum absolute atomic E-state index is 0.297. The van der Waals surface area contributed by atoms with Crippen molar-refractivity contribution in [1.82, 2.24) is 4.98 Å². The quantitative estimate of drug-likeness (QED) is 0.744. The van der Waals surface area contributed by atoms with E-state index in [-0.39, 0.29) is 6.10 Å². The first kappa shape index (κ1) is 14.5. The Kier molecular flexibility index (Phi) is 4.35. The lowest BCUT2D eigenvalue weighted by Gasteiger charge is -2.13. The van der Waals surface area contributed by atoms with Crippen LogP contribution >= 0.6 is 0 Å². The van der Waals surface area contributed by atoms with Crippen LogP contribution in [0.5, 0.6) is 0 Å². The van der Waals surface area contributed by atoms with Gasteiger partial charge in [0.2, 0.25) is 0 Å². The molecular weight excluding hydrogens is 272 g/mol. The Labute approximate surface area is 130 Å². The smallest absolute Gasteiger partial charge is 0.0730 e. The normalized spacial score (nSPS) is 12.3. The Morgan fingerprint density at radius 2 is 1.77 bits per heavy atom. The highest BCUT2D eigenvalue weighted by molar-refractivity contribution is 5.93. The molecule has 0 saturated carbocycles. The highest BCUT2D eigenvalue weighted by atomic mass is 16.3.